The molecule has 0 spiro atoms. The number of piperidine rings is 1. The summed E-state index contributed by atoms with van der Waals surface area (Å²) in [6, 6.07) is 9.01. The van der Waals surface area contributed by atoms with E-state index < -0.39 is 11.9 Å². The van der Waals surface area contributed by atoms with E-state index in [9.17, 15) is 14.4 Å². The number of nitrogens with one attached hydrogen (secondary N) is 2. The number of rotatable bonds is 7. The van der Waals surface area contributed by atoms with Crippen molar-refractivity contribution in [2.45, 2.75) is 44.8 Å². The zero-order valence-electron chi connectivity index (χ0n) is 16.7. The quantitative estimate of drug-likeness (QED) is 0.597. The van der Waals surface area contributed by atoms with Gasteiger partial charge in [0.05, 0.1) is 0 Å². The first-order valence-corrected chi connectivity index (χ1v) is 10.2. The van der Waals surface area contributed by atoms with Crippen LogP contribution in [0.1, 0.15) is 46.3 Å². The fourth-order valence-electron chi connectivity index (χ4n) is 4.03. The first kappa shape index (κ1) is 20.0. The standard InChI is InChI=1S/C22H25N5O3/c23-9-2-3-14-8-10-24-19(11-14)25-12-15-4-1-5-16-17(15)13-27(22(16)30)18-6-7-20(28)26-21(18)29/h1,4-5,8,10-11,18H,2-3,6-7,9,12-13,23H2,(H,24,25)(H,26,28,29). The van der Waals surface area contributed by atoms with Crippen molar-refractivity contribution < 1.29 is 14.4 Å². The second-order valence-corrected chi connectivity index (χ2v) is 7.64. The van der Waals surface area contributed by atoms with Crippen LogP contribution in [-0.4, -0.2) is 40.2 Å². The third kappa shape index (κ3) is 4.04. The summed E-state index contributed by atoms with van der Waals surface area (Å²) in [6.07, 6.45) is 4.21. The molecule has 8 nitrogen and oxygen atoms in total. The number of benzene rings is 1. The Bertz CT molecular complexity index is 990. The van der Waals surface area contributed by atoms with Gasteiger partial charge in [-0.15, -0.1) is 0 Å². The molecule has 1 fully saturated rings. The van der Waals surface area contributed by atoms with Gasteiger partial charge in [0.2, 0.25) is 11.8 Å². The Morgan fingerprint density at radius 2 is 2.10 bits per heavy atom. The maximum absolute atomic E-state index is 12.9. The Balaban J connectivity index is 1.48. The Morgan fingerprint density at radius 3 is 2.90 bits per heavy atom. The molecule has 1 saturated heterocycles. The van der Waals surface area contributed by atoms with Crippen molar-refractivity contribution in [3.63, 3.8) is 0 Å². The largest absolute Gasteiger partial charge is 0.366 e. The maximum atomic E-state index is 12.9. The molecule has 0 radical (unpaired) electrons. The van der Waals surface area contributed by atoms with Crippen LogP contribution >= 0.6 is 0 Å². The average molecular weight is 407 g/mol. The van der Waals surface area contributed by atoms with Gasteiger partial charge in [0.1, 0.15) is 11.9 Å². The normalized spacial score (nSPS) is 18.4. The summed E-state index contributed by atoms with van der Waals surface area (Å²) in [4.78, 5) is 42.5. The van der Waals surface area contributed by atoms with E-state index in [-0.39, 0.29) is 18.2 Å². The molecule has 1 atom stereocenters. The molecule has 1 aromatic carbocycles. The summed E-state index contributed by atoms with van der Waals surface area (Å²) in [5.41, 5.74) is 9.29. The molecule has 3 heterocycles. The van der Waals surface area contributed by atoms with Gasteiger partial charge < -0.3 is 16.0 Å². The highest BCUT2D eigenvalue weighted by Gasteiger charge is 2.39. The number of hydrogen-bond donors (Lipinski definition) is 3. The van der Waals surface area contributed by atoms with Crippen LogP contribution in [0.4, 0.5) is 5.82 Å². The van der Waals surface area contributed by atoms with Gasteiger partial charge >= 0.3 is 0 Å². The molecule has 0 aliphatic carbocycles. The number of carbonyl (C=O) groups is 3. The molecule has 4 rings (SSSR count). The highest BCUT2D eigenvalue weighted by Crippen LogP contribution is 2.30. The number of nitrogens with zero attached hydrogens (tertiary/aromatic N) is 2. The van der Waals surface area contributed by atoms with E-state index in [1.165, 1.54) is 5.56 Å². The smallest absolute Gasteiger partial charge is 0.255 e. The van der Waals surface area contributed by atoms with Gasteiger partial charge in [-0.3, -0.25) is 19.7 Å². The van der Waals surface area contributed by atoms with Gasteiger partial charge in [0, 0.05) is 31.3 Å². The molecule has 4 N–H and O–H groups in total. The second kappa shape index (κ2) is 8.62. The Hall–Kier alpha value is -3.26. The molecule has 30 heavy (non-hydrogen) atoms. The number of aromatic nitrogens is 1. The van der Waals surface area contributed by atoms with E-state index >= 15 is 0 Å². The van der Waals surface area contributed by atoms with Crippen molar-refractivity contribution in [3.8, 4) is 0 Å². The summed E-state index contributed by atoms with van der Waals surface area (Å²) in [5, 5.41) is 5.67. The number of fused-ring (bicyclic) bond motifs is 1. The van der Waals surface area contributed by atoms with Gasteiger partial charge in [0.25, 0.3) is 5.91 Å². The molecule has 2 aliphatic heterocycles. The summed E-state index contributed by atoms with van der Waals surface area (Å²) in [7, 11) is 0. The van der Waals surface area contributed by atoms with Gasteiger partial charge in [-0.1, -0.05) is 12.1 Å². The van der Waals surface area contributed by atoms with E-state index in [4.69, 9.17) is 5.73 Å². The van der Waals surface area contributed by atoms with Crippen molar-refractivity contribution in [2.24, 2.45) is 5.73 Å². The lowest BCUT2D eigenvalue weighted by atomic mass is 10.0. The highest BCUT2D eigenvalue weighted by molar-refractivity contribution is 6.05. The van der Waals surface area contributed by atoms with Crippen molar-refractivity contribution >= 4 is 23.5 Å². The monoisotopic (exact) mass is 407 g/mol. The predicted molar refractivity (Wildman–Crippen MR) is 111 cm³/mol. The van der Waals surface area contributed by atoms with Crippen LogP contribution in [0.25, 0.3) is 0 Å². The number of aryl methyl sites for hydroxylation is 1. The Kier molecular flexibility index (Phi) is 5.76. The van der Waals surface area contributed by atoms with Crippen molar-refractivity contribution in [1.29, 1.82) is 0 Å². The van der Waals surface area contributed by atoms with Gasteiger partial charge in [0.15, 0.2) is 0 Å². The molecular weight excluding hydrogens is 382 g/mol. The number of carbonyl (C=O) groups excluding carboxylic acids is 3. The molecule has 1 aromatic heterocycles. The minimum absolute atomic E-state index is 0.164. The zero-order valence-corrected chi connectivity index (χ0v) is 16.7. The molecule has 1 unspecified atom stereocenters. The number of anilines is 1. The molecule has 8 heteroatoms. The first-order valence-electron chi connectivity index (χ1n) is 10.2. The van der Waals surface area contributed by atoms with Crippen LogP contribution in [0.3, 0.4) is 0 Å². The fraction of sp³-hybridized carbons (Fsp3) is 0.364. The fourth-order valence-corrected chi connectivity index (χ4v) is 4.03. The lowest BCUT2D eigenvalue weighted by molar-refractivity contribution is -0.136. The third-order valence-electron chi connectivity index (χ3n) is 5.63. The van der Waals surface area contributed by atoms with Crippen LogP contribution in [0.2, 0.25) is 0 Å². The molecule has 2 aromatic rings. The first-order chi connectivity index (χ1) is 14.6. The average Bonchev–Trinajstić information content (AvgIpc) is 3.08. The number of imide groups is 1. The van der Waals surface area contributed by atoms with Gasteiger partial charge in [-0.2, -0.15) is 0 Å². The van der Waals surface area contributed by atoms with Crippen LogP contribution < -0.4 is 16.4 Å². The zero-order chi connectivity index (χ0) is 21.1. The number of hydrogen-bond acceptors (Lipinski definition) is 6. The van der Waals surface area contributed by atoms with Crippen molar-refractivity contribution in [2.75, 3.05) is 11.9 Å². The Morgan fingerprint density at radius 1 is 1.23 bits per heavy atom. The number of pyridine rings is 1. The molecule has 0 bridgehead atoms. The highest BCUT2D eigenvalue weighted by atomic mass is 16.2. The molecule has 2 aliphatic rings. The molecular formula is C22H25N5O3. The summed E-state index contributed by atoms with van der Waals surface area (Å²) < 4.78 is 0. The number of amides is 3. The van der Waals surface area contributed by atoms with Crippen LogP contribution in [0, 0.1) is 0 Å². The molecule has 3 amide bonds. The lowest BCUT2D eigenvalue weighted by Gasteiger charge is -2.29. The Labute approximate surface area is 174 Å². The van der Waals surface area contributed by atoms with Crippen LogP contribution in [0.5, 0.6) is 0 Å². The summed E-state index contributed by atoms with van der Waals surface area (Å²) >= 11 is 0. The van der Waals surface area contributed by atoms with E-state index in [0.717, 1.165) is 29.8 Å². The third-order valence-corrected chi connectivity index (χ3v) is 5.63. The van der Waals surface area contributed by atoms with E-state index in [1.807, 2.05) is 24.3 Å². The second-order valence-electron chi connectivity index (χ2n) is 7.64. The summed E-state index contributed by atoms with van der Waals surface area (Å²) in [5.74, 6) is -0.0752. The lowest BCUT2D eigenvalue weighted by Crippen LogP contribution is -2.52. The SMILES string of the molecule is NCCCc1ccnc(NCc2cccc3c2CN(C2CCC(=O)NC2=O)C3=O)c1. The summed E-state index contributed by atoms with van der Waals surface area (Å²) in [6.45, 7) is 1.54. The van der Waals surface area contributed by atoms with Gasteiger partial charge in [-0.05, 0) is 60.7 Å². The van der Waals surface area contributed by atoms with E-state index in [2.05, 4.69) is 15.6 Å². The van der Waals surface area contributed by atoms with Crippen LogP contribution in [0.15, 0.2) is 36.5 Å². The van der Waals surface area contributed by atoms with E-state index in [1.54, 1.807) is 17.2 Å². The maximum Gasteiger partial charge on any atom is 0.255 e. The minimum atomic E-state index is -0.607. The van der Waals surface area contributed by atoms with Crippen molar-refractivity contribution in [1.82, 2.24) is 15.2 Å². The van der Waals surface area contributed by atoms with Crippen molar-refractivity contribution in [3.05, 3.63) is 58.8 Å². The minimum Gasteiger partial charge on any atom is -0.366 e. The molecule has 156 valence electrons. The topological polar surface area (TPSA) is 117 Å². The molecule has 0 saturated carbocycles. The number of nitrogens with two attached hydrogens (primary N) is 1. The van der Waals surface area contributed by atoms with Crippen LogP contribution in [-0.2, 0) is 29.1 Å². The predicted octanol–water partition coefficient (Wildman–Crippen LogP) is 1.35. The van der Waals surface area contributed by atoms with Gasteiger partial charge in [-0.25, -0.2) is 4.98 Å². The van der Waals surface area contributed by atoms with E-state index in [0.29, 0.717) is 31.6 Å².